The smallest absolute Gasteiger partial charge is 0.175 e. The fraction of sp³-hybridized carbons (Fsp3) is 0.333. The first-order valence-electron chi connectivity index (χ1n) is 8.81. The zero-order valence-corrected chi connectivity index (χ0v) is 17.3. The SMILES string of the molecule is COc1ccc(C2=C(c3ccc(S(C)(=O)=O)cc3)CC(CO)(CO)C2)cc1Cl. The molecule has 0 bridgehead atoms. The van der Waals surface area contributed by atoms with E-state index in [9.17, 15) is 18.6 Å². The predicted molar refractivity (Wildman–Crippen MR) is 110 cm³/mol. The van der Waals surface area contributed by atoms with Crippen LogP contribution in [-0.4, -0.2) is 45.2 Å². The highest BCUT2D eigenvalue weighted by Crippen LogP contribution is 2.50. The maximum atomic E-state index is 11.7. The molecule has 28 heavy (non-hydrogen) atoms. The van der Waals surface area contributed by atoms with Gasteiger partial charge in [-0.2, -0.15) is 0 Å². The van der Waals surface area contributed by atoms with Gasteiger partial charge in [-0.15, -0.1) is 0 Å². The Kier molecular flexibility index (Phi) is 5.87. The third kappa shape index (κ3) is 3.96. The van der Waals surface area contributed by atoms with Crippen LogP contribution in [0.2, 0.25) is 5.02 Å². The van der Waals surface area contributed by atoms with E-state index < -0.39 is 15.3 Å². The number of aliphatic hydroxyl groups excluding tert-OH is 2. The zero-order chi connectivity index (χ0) is 20.5. The molecule has 1 aliphatic carbocycles. The molecule has 0 aromatic heterocycles. The number of methoxy groups -OCH3 is 1. The van der Waals surface area contributed by atoms with E-state index in [0.717, 1.165) is 22.3 Å². The van der Waals surface area contributed by atoms with Gasteiger partial charge in [-0.25, -0.2) is 8.42 Å². The summed E-state index contributed by atoms with van der Waals surface area (Å²) in [5, 5.41) is 20.3. The van der Waals surface area contributed by atoms with Crippen molar-refractivity contribution in [3.05, 3.63) is 58.6 Å². The highest BCUT2D eigenvalue weighted by Gasteiger charge is 2.39. The first kappa shape index (κ1) is 20.9. The van der Waals surface area contributed by atoms with Crippen LogP contribution in [0.4, 0.5) is 0 Å². The second-order valence-electron chi connectivity index (χ2n) is 7.27. The highest BCUT2D eigenvalue weighted by atomic mass is 35.5. The Hall–Kier alpha value is -1.86. The molecule has 1 aliphatic rings. The Morgan fingerprint density at radius 3 is 2.00 bits per heavy atom. The maximum absolute atomic E-state index is 11.7. The van der Waals surface area contributed by atoms with Crippen LogP contribution in [0.25, 0.3) is 11.1 Å². The number of hydrogen-bond acceptors (Lipinski definition) is 5. The summed E-state index contributed by atoms with van der Waals surface area (Å²) in [5.74, 6) is 0.568. The van der Waals surface area contributed by atoms with Gasteiger partial charge in [0.15, 0.2) is 9.84 Å². The van der Waals surface area contributed by atoms with Crippen LogP contribution in [0.3, 0.4) is 0 Å². The van der Waals surface area contributed by atoms with Gasteiger partial charge in [-0.1, -0.05) is 29.8 Å². The van der Waals surface area contributed by atoms with Gasteiger partial charge in [0.25, 0.3) is 0 Å². The van der Waals surface area contributed by atoms with Crippen LogP contribution >= 0.6 is 11.6 Å². The predicted octanol–water partition coefficient (Wildman–Crippen LogP) is 3.43. The van der Waals surface area contributed by atoms with Crippen LogP contribution in [0.15, 0.2) is 47.4 Å². The van der Waals surface area contributed by atoms with Gasteiger partial charge in [0.05, 0.1) is 30.2 Å². The molecule has 0 amide bonds. The van der Waals surface area contributed by atoms with E-state index in [-0.39, 0.29) is 18.1 Å². The van der Waals surface area contributed by atoms with Gasteiger partial charge in [0, 0.05) is 11.7 Å². The minimum absolute atomic E-state index is 0.151. The average Bonchev–Trinajstić information content (AvgIpc) is 3.08. The van der Waals surface area contributed by atoms with Crippen molar-refractivity contribution in [2.24, 2.45) is 5.41 Å². The molecule has 0 aliphatic heterocycles. The number of aliphatic hydroxyl groups is 2. The van der Waals surface area contributed by atoms with Crippen molar-refractivity contribution in [3.8, 4) is 5.75 Å². The van der Waals surface area contributed by atoms with Crippen LogP contribution in [0, 0.1) is 5.41 Å². The maximum Gasteiger partial charge on any atom is 0.175 e. The van der Waals surface area contributed by atoms with Gasteiger partial charge >= 0.3 is 0 Å². The molecular weight excluding hydrogens is 400 g/mol. The van der Waals surface area contributed by atoms with Crippen molar-refractivity contribution < 1.29 is 23.4 Å². The van der Waals surface area contributed by atoms with Crippen molar-refractivity contribution in [1.82, 2.24) is 0 Å². The second kappa shape index (κ2) is 7.87. The number of rotatable bonds is 6. The summed E-state index contributed by atoms with van der Waals surface area (Å²) in [4.78, 5) is 0.250. The molecule has 0 heterocycles. The molecule has 0 saturated heterocycles. The van der Waals surface area contributed by atoms with Gasteiger partial charge in [0.1, 0.15) is 5.75 Å². The lowest BCUT2D eigenvalue weighted by atomic mass is 9.84. The van der Waals surface area contributed by atoms with E-state index in [2.05, 4.69) is 0 Å². The summed E-state index contributed by atoms with van der Waals surface area (Å²) in [6, 6.07) is 12.2. The lowest BCUT2D eigenvalue weighted by molar-refractivity contribution is 0.0677. The lowest BCUT2D eigenvalue weighted by Crippen LogP contribution is -2.27. The van der Waals surface area contributed by atoms with Crippen LogP contribution in [0.5, 0.6) is 5.75 Å². The van der Waals surface area contributed by atoms with E-state index in [0.29, 0.717) is 23.6 Å². The van der Waals surface area contributed by atoms with Crippen molar-refractivity contribution in [2.75, 3.05) is 26.6 Å². The third-order valence-electron chi connectivity index (χ3n) is 5.27. The molecule has 2 N–H and O–H groups in total. The molecule has 7 heteroatoms. The number of sulfone groups is 1. The second-order valence-corrected chi connectivity index (χ2v) is 9.70. The lowest BCUT2D eigenvalue weighted by Gasteiger charge is -2.24. The van der Waals surface area contributed by atoms with E-state index in [4.69, 9.17) is 16.3 Å². The molecule has 0 radical (unpaired) electrons. The first-order valence-corrected chi connectivity index (χ1v) is 11.1. The molecular formula is C21H23ClO5S. The van der Waals surface area contributed by atoms with Crippen molar-refractivity contribution in [1.29, 1.82) is 0 Å². The number of hydrogen-bond donors (Lipinski definition) is 2. The molecule has 2 aromatic carbocycles. The number of ether oxygens (including phenoxy) is 1. The monoisotopic (exact) mass is 422 g/mol. The highest BCUT2D eigenvalue weighted by molar-refractivity contribution is 7.90. The molecule has 2 aromatic rings. The third-order valence-corrected chi connectivity index (χ3v) is 6.69. The fourth-order valence-corrected chi connectivity index (χ4v) is 4.50. The Morgan fingerprint density at radius 1 is 1.00 bits per heavy atom. The molecule has 0 fully saturated rings. The summed E-state index contributed by atoms with van der Waals surface area (Å²) in [6.45, 7) is -0.302. The quantitative estimate of drug-likeness (QED) is 0.745. The Balaban J connectivity index is 2.11. The van der Waals surface area contributed by atoms with Gasteiger partial charge < -0.3 is 14.9 Å². The molecule has 150 valence electrons. The van der Waals surface area contributed by atoms with Crippen LogP contribution in [-0.2, 0) is 9.84 Å². The molecule has 0 spiro atoms. The number of benzene rings is 2. The Bertz CT molecular complexity index is 1010. The molecule has 0 unspecified atom stereocenters. The zero-order valence-electron chi connectivity index (χ0n) is 15.8. The van der Waals surface area contributed by atoms with Gasteiger partial charge in [-0.05, 0) is 59.4 Å². The van der Waals surface area contributed by atoms with Crippen molar-refractivity contribution in [3.63, 3.8) is 0 Å². The molecule has 0 saturated carbocycles. The summed E-state index contributed by atoms with van der Waals surface area (Å²) in [6.07, 6.45) is 2.15. The minimum atomic E-state index is -3.28. The summed E-state index contributed by atoms with van der Waals surface area (Å²) in [5.41, 5.74) is 3.02. The Labute approximate surface area is 170 Å². The van der Waals surface area contributed by atoms with Crippen molar-refractivity contribution in [2.45, 2.75) is 17.7 Å². The summed E-state index contributed by atoms with van der Waals surface area (Å²) in [7, 11) is -1.73. The average molecular weight is 423 g/mol. The van der Waals surface area contributed by atoms with E-state index in [1.807, 2.05) is 12.1 Å². The van der Waals surface area contributed by atoms with Gasteiger partial charge in [0.2, 0.25) is 0 Å². The van der Waals surface area contributed by atoms with E-state index >= 15 is 0 Å². The minimum Gasteiger partial charge on any atom is -0.495 e. The van der Waals surface area contributed by atoms with E-state index in [1.165, 1.54) is 6.26 Å². The number of halogens is 1. The topological polar surface area (TPSA) is 83.8 Å². The first-order chi connectivity index (χ1) is 13.2. The summed E-state index contributed by atoms with van der Waals surface area (Å²) >= 11 is 6.30. The molecule has 5 nitrogen and oxygen atoms in total. The molecule has 3 rings (SSSR count). The van der Waals surface area contributed by atoms with Gasteiger partial charge in [-0.3, -0.25) is 0 Å². The van der Waals surface area contributed by atoms with E-state index in [1.54, 1.807) is 37.4 Å². The fourth-order valence-electron chi connectivity index (χ4n) is 3.61. The van der Waals surface area contributed by atoms with Crippen LogP contribution in [0.1, 0.15) is 24.0 Å². The Morgan fingerprint density at radius 2 is 1.54 bits per heavy atom. The van der Waals surface area contributed by atoms with Crippen LogP contribution < -0.4 is 4.74 Å². The largest absolute Gasteiger partial charge is 0.495 e. The summed E-state index contributed by atoms with van der Waals surface area (Å²) < 4.78 is 28.7. The normalized spacial score (nSPS) is 16.5. The number of allylic oxidation sites excluding steroid dienone is 2. The van der Waals surface area contributed by atoms with Crippen molar-refractivity contribution >= 4 is 32.6 Å². The standard InChI is InChI=1S/C21H23ClO5S/c1-27-20-8-5-15(9-19(20)22)18-11-21(12-23,13-24)10-17(18)14-3-6-16(7-4-14)28(2,25)26/h3-9,23-24H,10-13H2,1-2H3. The molecule has 0 atom stereocenters.